The molecule has 1 atom stereocenters. The molecule has 1 rings (SSSR count). The van der Waals surface area contributed by atoms with Gasteiger partial charge in [-0.25, -0.2) is 18.0 Å². The highest BCUT2D eigenvalue weighted by Gasteiger charge is 2.25. The van der Waals surface area contributed by atoms with Crippen molar-refractivity contribution in [1.29, 1.82) is 0 Å². The summed E-state index contributed by atoms with van der Waals surface area (Å²) in [6, 6.07) is 5.14. The molecule has 0 aromatic heterocycles. The van der Waals surface area contributed by atoms with Crippen LogP contribution < -0.4 is 5.32 Å². The Hall–Kier alpha value is -2.09. The van der Waals surface area contributed by atoms with Crippen LogP contribution in [0.25, 0.3) is 0 Å². The van der Waals surface area contributed by atoms with Crippen molar-refractivity contribution in [2.24, 2.45) is 0 Å². The zero-order valence-electron chi connectivity index (χ0n) is 14.2. The molecule has 0 radical (unpaired) electrons. The molecule has 8 heteroatoms. The minimum atomic E-state index is -3.06. The molecule has 1 aromatic rings. The predicted octanol–water partition coefficient (Wildman–Crippen LogP) is 1.92. The number of carboxylic acids is 1. The molecular weight excluding hydrogens is 334 g/mol. The maximum atomic E-state index is 11.8. The summed E-state index contributed by atoms with van der Waals surface area (Å²) in [5, 5.41) is 11.6. The second-order valence-electron chi connectivity index (χ2n) is 6.54. The second-order valence-corrected chi connectivity index (χ2v) is 8.80. The molecule has 0 saturated carbocycles. The second kappa shape index (κ2) is 7.65. The zero-order valence-corrected chi connectivity index (χ0v) is 15.0. The van der Waals surface area contributed by atoms with Crippen LogP contribution in [0.15, 0.2) is 24.3 Å². The number of nitrogens with one attached hydrogen (secondary N) is 1. The first-order valence-corrected chi connectivity index (χ1v) is 9.42. The average molecular weight is 357 g/mol. The third kappa shape index (κ3) is 7.45. The third-order valence-corrected chi connectivity index (χ3v) is 3.93. The highest BCUT2D eigenvalue weighted by Crippen LogP contribution is 2.16. The first-order valence-electron chi connectivity index (χ1n) is 7.36. The molecule has 0 fully saturated rings. The van der Waals surface area contributed by atoms with Gasteiger partial charge in [0.25, 0.3) is 0 Å². The van der Waals surface area contributed by atoms with Crippen molar-refractivity contribution >= 4 is 21.9 Å². The molecule has 0 bridgehead atoms. The van der Waals surface area contributed by atoms with Gasteiger partial charge in [0.15, 0.2) is 6.04 Å². The van der Waals surface area contributed by atoms with Gasteiger partial charge in [-0.05, 0) is 38.3 Å². The fraction of sp³-hybridized carbons (Fsp3) is 0.500. The molecule has 0 aliphatic carbocycles. The van der Waals surface area contributed by atoms with E-state index in [1.165, 1.54) is 0 Å². The zero-order chi connectivity index (χ0) is 18.5. The van der Waals surface area contributed by atoms with E-state index < -0.39 is 33.5 Å². The van der Waals surface area contributed by atoms with Gasteiger partial charge in [0.1, 0.15) is 15.4 Å². The number of rotatable bonds is 6. The molecule has 1 amide bonds. The van der Waals surface area contributed by atoms with Gasteiger partial charge < -0.3 is 15.2 Å². The predicted molar refractivity (Wildman–Crippen MR) is 89.6 cm³/mol. The number of alkyl carbamates (subject to hydrolysis) is 1. The van der Waals surface area contributed by atoms with E-state index in [4.69, 9.17) is 4.74 Å². The summed E-state index contributed by atoms with van der Waals surface area (Å²) in [5.74, 6) is -1.20. The van der Waals surface area contributed by atoms with Crippen LogP contribution in [0.1, 0.15) is 37.9 Å². The third-order valence-electron chi connectivity index (χ3n) is 2.98. The van der Waals surface area contributed by atoms with Crippen molar-refractivity contribution in [3.05, 3.63) is 35.4 Å². The number of aryl methyl sites for hydroxylation is 1. The van der Waals surface area contributed by atoms with E-state index in [9.17, 15) is 23.1 Å². The summed E-state index contributed by atoms with van der Waals surface area (Å²) < 4.78 is 27.4. The van der Waals surface area contributed by atoms with Gasteiger partial charge in [0.2, 0.25) is 0 Å². The van der Waals surface area contributed by atoms with Crippen LogP contribution >= 0.6 is 0 Å². The van der Waals surface area contributed by atoms with Crippen molar-refractivity contribution in [2.45, 2.75) is 38.8 Å². The van der Waals surface area contributed by atoms with Crippen LogP contribution in [0, 0.1) is 0 Å². The Morgan fingerprint density at radius 2 is 1.75 bits per heavy atom. The molecule has 24 heavy (non-hydrogen) atoms. The number of hydrogen-bond donors (Lipinski definition) is 2. The van der Waals surface area contributed by atoms with Crippen molar-refractivity contribution in [1.82, 2.24) is 5.32 Å². The largest absolute Gasteiger partial charge is 0.479 e. The van der Waals surface area contributed by atoms with Crippen molar-refractivity contribution in [2.75, 3.05) is 12.0 Å². The summed E-state index contributed by atoms with van der Waals surface area (Å²) >= 11 is 0. The van der Waals surface area contributed by atoms with Crippen molar-refractivity contribution < 1.29 is 27.9 Å². The van der Waals surface area contributed by atoms with Crippen LogP contribution in [-0.4, -0.2) is 43.2 Å². The number of amides is 1. The van der Waals surface area contributed by atoms with E-state index in [2.05, 4.69) is 5.32 Å². The molecule has 1 aromatic carbocycles. The molecule has 0 aliphatic heterocycles. The number of aliphatic carboxylic acids is 1. The molecule has 0 spiro atoms. The van der Waals surface area contributed by atoms with Gasteiger partial charge in [-0.15, -0.1) is 0 Å². The molecule has 0 heterocycles. The molecule has 0 saturated heterocycles. The Labute approximate surface area is 141 Å². The number of carboxylic acid groups (broad SMARTS) is 1. The molecule has 2 N–H and O–H groups in total. The summed E-state index contributed by atoms with van der Waals surface area (Å²) in [6.07, 6.45) is 0.680. The van der Waals surface area contributed by atoms with Crippen molar-refractivity contribution in [3.8, 4) is 0 Å². The fourth-order valence-corrected chi connectivity index (χ4v) is 2.50. The van der Waals surface area contributed by atoms with Gasteiger partial charge in [-0.3, -0.25) is 0 Å². The van der Waals surface area contributed by atoms with E-state index in [1.54, 1.807) is 45.0 Å². The standard InChI is InChI=1S/C16H23NO6S/c1-16(2,3)23-15(20)17-13(14(18)19)12-7-5-11(6-8-12)9-10-24(4,21)22/h5-8,13H,9-10H2,1-4H3,(H,17,20)(H,18,19). The maximum Gasteiger partial charge on any atom is 0.408 e. The smallest absolute Gasteiger partial charge is 0.408 e. The van der Waals surface area contributed by atoms with E-state index >= 15 is 0 Å². The lowest BCUT2D eigenvalue weighted by molar-refractivity contribution is -0.139. The van der Waals surface area contributed by atoms with E-state index in [0.717, 1.165) is 11.8 Å². The first-order chi connectivity index (χ1) is 10.9. The summed E-state index contributed by atoms with van der Waals surface area (Å²) in [6.45, 7) is 5.04. The minimum Gasteiger partial charge on any atom is -0.479 e. The van der Waals surface area contributed by atoms with Gasteiger partial charge >= 0.3 is 12.1 Å². The molecule has 134 valence electrons. The molecule has 7 nitrogen and oxygen atoms in total. The lowest BCUT2D eigenvalue weighted by Gasteiger charge is -2.22. The van der Waals surface area contributed by atoms with Gasteiger partial charge in [-0.2, -0.15) is 0 Å². The topological polar surface area (TPSA) is 110 Å². The lowest BCUT2D eigenvalue weighted by atomic mass is 10.0. The van der Waals surface area contributed by atoms with E-state index in [1.807, 2.05) is 0 Å². The SMILES string of the molecule is CC(C)(C)OC(=O)NC(C(=O)O)c1ccc(CCS(C)(=O)=O)cc1. The number of hydrogen-bond acceptors (Lipinski definition) is 5. The first kappa shape index (κ1) is 20.0. The highest BCUT2D eigenvalue weighted by atomic mass is 32.2. The normalized spacial score (nSPS) is 13.2. The molecule has 0 aliphatic rings. The van der Waals surface area contributed by atoms with Crippen LogP contribution in [0.4, 0.5) is 4.79 Å². The number of carbonyl (C=O) groups is 2. The Morgan fingerprint density at radius 1 is 1.21 bits per heavy atom. The van der Waals surface area contributed by atoms with Crippen molar-refractivity contribution in [3.63, 3.8) is 0 Å². The van der Waals surface area contributed by atoms with Gasteiger partial charge in [0.05, 0.1) is 5.75 Å². The van der Waals surface area contributed by atoms with Gasteiger partial charge in [-0.1, -0.05) is 24.3 Å². The quantitative estimate of drug-likeness (QED) is 0.805. The number of ether oxygens (including phenoxy) is 1. The van der Waals surface area contributed by atoms with E-state index in [-0.39, 0.29) is 5.75 Å². The maximum absolute atomic E-state index is 11.8. The van der Waals surface area contributed by atoms with Crippen LogP contribution in [0.3, 0.4) is 0 Å². The Kier molecular flexibility index (Phi) is 6.36. The van der Waals surface area contributed by atoms with E-state index in [0.29, 0.717) is 12.0 Å². The molecular formula is C16H23NO6S. The average Bonchev–Trinajstić information content (AvgIpc) is 2.40. The van der Waals surface area contributed by atoms with Crippen LogP contribution in [0.2, 0.25) is 0 Å². The number of sulfone groups is 1. The number of benzene rings is 1. The lowest BCUT2D eigenvalue weighted by Crippen LogP contribution is -2.38. The summed E-state index contributed by atoms with van der Waals surface area (Å²) in [4.78, 5) is 23.2. The highest BCUT2D eigenvalue weighted by molar-refractivity contribution is 7.90. The van der Waals surface area contributed by atoms with Crippen LogP contribution in [0.5, 0.6) is 0 Å². The summed E-state index contributed by atoms with van der Waals surface area (Å²) in [7, 11) is -3.06. The Bertz CT molecular complexity index is 688. The Morgan fingerprint density at radius 3 is 2.17 bits per heavy atom. The number of carbonyl (C=O) groups excluding carboxylic acids is 1. The van der Waals surface area contributed by atoms with Crippen LogP contribution in [-0.2, 0) is 25.8 Å². The molecule has 1 unspecified atom stereocenters. The monoisotopic (exact) mass is 357 g/mol. The summed E-state index contributed by atoms with van der Waals surface area (Å²) in [5.41, 5.74) is 0.407. The Balaban J connectivity index is 2.82. The fourth-order valence-electron chi connectivity index (χ4n) is 1.89. The van der Waals surface area contributed by atoms with Gasteiger partial charge in [0, 0.05) is 6.26 Å². The minimum absolute atomic E-state index is 0.0187.